The molecular weight excluding hydrogens is 192 g/mol. The van der Waals surface area contributed by atoms with Gasteiger partial charge in [0.2, 0.25) is 0 Å². The predicted octanol–water partition coefficient (Wildman–Crippen LogP) is 2.97. The van der Waals surface area contributed by atoms with Gasteiger partial charge in [-0.3, -0.25) is 4.21 Å². The molecule has 1 aromatic carbocycles. The third kappa shape index (κ3) is 1.63. The molecule has 1 aromatic rings. The van der Waals surface area contributed by atoms with E-state index in [4.69, 9.17) is 0 Å². The quantitative estimate of drug-likeness (QED) is 0.696. The van der Waals surface area contributed by atoms with E-state index in [0.717, 1.165) is 4.90 Å². The number of benzene rings is 1. The summed E-state index contributed by atoms with van der Waals surface area (Å²) in [6.07, 6.45) is 1.75. The molecule has 0 saturated carbocycles. The minimum Gasteiger partial charge on any atom is -0.255 e. The van der Waals surface area contributed by atoms with E-state index < -0.39 is 10.8 Å². The maximum atomic E-state index is 11.6. The second kappa shape index (κ2) is 3.85. The summed E-state index contributed by atoms with van der Waals surface area (Å²) in [5.74, 6) is 0. The fourth-order valence-corrected chi connectivity index (χ4v) is 3.07. The molecule has 0 aliphatic carbocycles. The Kier molecular flexibility index (Phi) is 3.15. The first kappa shape index (κ1) is 11.4. The highest BCUT2D eigenvalue weighted by atomic mass is 32.2. The van der Waals surface area contributed by atoms with Gasteiger partial charge in [0.05, 0.1) is 10.8 Å². The van der Waals surface area contributed by atoms with Gasteiger partial charge in [-0.2, -0.15) is 0 Å². The molecule has 0 heterocycles. The van der Waals surface area contributed by atoms with Gasteiger partial charge in [0.1, 0.15) is 0 Å². The second-order valence-electron chi connectivity index (χ2n) is 3.91. The SMILES string of the molecule is Cc1c(C)c(C)c(S(C)=O)c(C)c1C. The van der Waals surface area contributed by atoms with Crippen LogP contribution in [0.1, 0.15) is 27.8 Å². The minimum atomic E-state index is -0.881. The zero-order valence-corrected chi connectivity index (χ0v) is 10.6. The predicted molar refractivity (Wildman–Crippen MR) is 62.5 cm³/mol. The van der Waals surface area contributed by atoms with Crippen LogP contribution in [0.3, 0.4) is 0 Å². The summed E-state index contributed by atoms with van der Waals surface area (Å²) < 4.78 is 11.6. The Bertz CT molecular complexity index is 376. The van der Waals surface area contributed by atoms with Crippen LogP contribution in [0.25, 0.3) is 0 Å². The van der Waals surface area contributed by atoms with Crippen LogP contribution in [0, 0.1) is 34.6 Å². The Morgan fingerprint density at radius 2 is 1.00 bits per heavy atom. The smallest absolute Gasteiger partial charge is 0.0503 e. The van der Waals surface area contributed by atoms with Crippen LogP contribution >= 0.6 is 0 Å². The Balaban J connectivity index is 3.68. The highest BCUT2D eigenvalue weighted by Crippen LogP contribution is 2.27. The largest absolute Gasteiger partial charge is 0.255 e. The van der Waals surface area contributed by atoms with Crippen LogP contribution in [0.5, 0.6) is 0 Å². The van der Waals surface area contributed by atoms with Crippen LogP contribution in [0.4, 0.5) is 0 Å². The van der Waals surface area contributed by atoms with E-state index in [1.165, 1.54) is 27.8 Å². The van der Waals surface area contributed by atoms with E-state index >= 15 is 0 Å². The number of rotatable bonds is 1. The maximum Gasteiger partial charge on any atom is 0.0503 e. The number of hydrogen-bond donors (Lipinski definition) is 0. The number of hydrogen-bond acceptors (Lipinski definition) is 1. The van der Waals surface area contributed by atoms with Crippen molar-refractivity contribution in [2.75, 3.05) is 6.26 Å². The Hall–Kier alpha value is -0.630. The molecule has 1 nitrogen and oxygen atoms in total. The molecule has 0 aliphatic heterocycles. The first-order chi connectivity index (χ1) is 6.37. The lowest BCUT2D eigenvalue weighted by Gasteiger charge is -2.16. The topological polar surface area (TPSA) is 17.1 Å². The third-order valence-corrected chi connectivity index (χ3v) is 4.41. The second-order valence-corrected chi connectivity index (χ2v) is 5.22. The zero-order chi connectivity index (χ0) is 11.0. The van der Waals surface area contributed by atoms with Gasteiger partial charge in [-0.1, -0.05) is 0 Å². The molecule has 0 amide bonds. The van der Waals surface area contributed by atoms with Crippen LogP contribution in [0.2, 0.25) is 0 Å². The summed E-state index contributed by atoms with van der Waals surface area (Å²) in [6, 6.07) is 0. The molecule has 1 atom stereocenters. The van der Waals surface area contributed by atoms with Crippen molar-refractivity contribution in [2.24, 2.45) is 0 Å². The van der Waals surface area contributed by atoms with Crippen molar-refractivity contribution >= 4 is 10.8 Å². The van der Waals surface area contributed by atoms with Gasteiger partial charge in [-0.05, 0) is 62.4 Å². The van der Waals surface area contributed by atoms with E-state index in [1.807, 2.05) is 0 Å². The molecule has 0 aliphatic rings. The van der Waals surface area contributed by atoms with Crippen LogP contribution < -0.4 is 0 Å². The van der Waals surface area contributed by atoms with E-state index in [1.54, 1.807) is 6.26 Å². The summed E-state index contributed by atoms with van der Waals surface area (Å²) in [5.41, 5.74) is 6.25. The van der Waals surface area contributed by atoms with Gasteiger partial charge in [0, 0.05) is 11.2 Å². The van der Waals surface area contributed by atoms with Crippen molar-refractivity contribution in [3.63, 3.8) is 0 Å². The van der Waals surface area contributed by atoms with Crippen molar-refractivity contribution < 1.29 is 4.21 Å². The normalized spacial score (nSPS) is 13.0. The molecule has 0 radical (unpaired) electrons. The molecular formula is C12H18OS. The average Bonchev–Trinajstić information content (AvgIpc) is 2.11. The molecule has 1 rings (SSSR count). The lowest BCUT2D eigenvalue weighted by Crippen LogP contribution is -2.03. The van der Waals surface area contributed by atoms with Crippen LogP contribution in [-0.2, 0) is 10.8 Å². The monoisotopic (exact) mass is 210 g/mol. The van der Waals surface area contributed by atoms with Crippen LogP contribution in [0.15, 0.2) is 4.90 Å². The summed E-state index contributed by atoms with van der Waals surface area (Å²) in [7, 11) is -0.881. The van der Waals surface area contributed by atoms with Crippen molar-refractivity contribution in [3.05, 3.63) is 27.8 Å². The van der Waals surface area contributed by atoms with Gasteiger partial charge in [-0.25, -0.2) is 0 Å². The lowest BCUT2D eigenvalue weighted by molar-refractivity contribution is 0.685. The fourth-order valence-electron chi connectivity index (χ4n) is 1.90. The molecule has 0 spiro atoms. The summed E-state index contributed by atoms with van der Waals surface area (Å²) in [6.45, 7) is 10.5. The summed E-state index contributed by atoms with van der Waals surface area (Å²) >= 11 is 0. The standard InChI is InChI=1S/C12H18OS/c1-7-8(2)10(4)12(14(6)13)11(5)9(7)3/h1-6H3. The van der Waals surface area contributed by atoms with Gasteiger partial charge >= 0.3 is 0 Å². The van der Waals surface area contributed by atoms with E-state index in [0.29, 0.717) is 0 Å². The van der Waals surface area contributed by atoms with Crippen molar-refractivity contribution in [1.29, 1.82) is 0 Å². The fraction of sp³-hybridized carbons (Fsp3) is 0.500. The molecule has 0 bridgehead atoms. The highest BCUT2D eigenvalue weighted by molar-refractivity contribution is 7.84. The van der Waals surface area contributed by atoms with Gasteiger partial charge in [0.25, 0.3) is 0 Å². The first-order valence-corrected chi connectivity index (χ1v) is 6.34. The highest BCUT2D eigenvalue weighted by Gasteiger charge is 2.13. The Labute approximate surface area is 89.0 Å². The van der Waals surface area contributed by atoms with Crippen molar-refractivity contribution in [2.45, 2.75) is 39.5 Å². The molecule has 0 N–H and O–H groups in total. The molecule has 2 heteroatoms. The zero-order valence-electron chi connectivity index (χ0n) is 9.82. The maximum absolute atomic E-state index is 11.6. The van der Waals surface area contributed by atoms with Crippen molar-refractivity contribution in [3.8, 4) is 0 Å². The Morgan fingerprint density at radius 3 is 1.29 bits per heavy atom. The van der Waals surface area contributed by atoms with E-state index in [2.05, 4.69) is 34.6 Å². The summed E-state index contributed by atoms with van der Waals surface area (Å²) in [4.78, 5) is 1.02. The summed E-state index contributed by atoms with van der Waals surface area (Å²) in [5, 5.41) is 0. The molecule has 0 aromatic heterocycles. The molecule has 0 fully saturated rings. The lowest BCUT2D eigenvalue weighted by atomic mass is 9.95. The molecule has 1 unspecified atom stereocenters. The molecule has 14 heavy (non-hydrogen) atoms. The van der Waals surface area contributed by atoms with Crippen LogP contribution in [-0.4, -0.2) is 10.5 Å². The first-order valence-electron chi connectivity index (χ1n) is 4.78. The third-order valence-electron chi connectivity index (χ3n) is 3.22. The van der Waals surface area contributed by atoms with Gasteiger partial charge in [0.15, 0.2) is 0 Å². The molecule has 78 valence electrons. The minimum absolute atomic E-state index is 0.881. The average molecular weight is 210 g/mol. The van der Waals surface area contributed by atoms with E-state index in [9.17, 15) is 4.21 Å². The Morgan fingerprint density at radius 1 is 0.714 bits per heavy atom. The van der Waals surface area contributed by atoms with Crippen molar-refractivity contribution in [1.82, 2.24) is 0 Å². The van der Waals surface area contributed by atoms with Gasteiger partial charge < -0.3 is 0 Å². The van der Waals surface area contributed by atoms with E-state index in [-0.39, 0.29) is 0 Å². The van der Waals surface area contributed by atoms with Gasteiger partial charge in [-0.15, -0.1) is 0 Å². The molecule has 0 saturated heterocycles.